The lowest BCUT2D eigenvalue weighted by Gasteiger charge is -2.36. The zero-order valence-electron chi connectivity index (χ0n) is 14.8. The average Bonchev–Trinajstić information content (AvgIpc) is 3.01. The van der Waals surface area contributed by atoms with Crippen molar-refractivity contribution in [3.63, 3.8) is 0 Å². The summed E-state index contributed by atoms with van der Waals surface area (Å²) in [6.45, 7) is 6.36. The molecule has 2 aromatic heterocycles. The third-order valence-corrected chi connectivity index (χ3v) is 5.77. The number of benzene rings is 1. The van der Waals surface area contributed by atoms with Crippen molar-refractivity contribution in [2.45, 2.75) is 45.7 Å². The third kappa shape index (κ3) is 2.33. The van der Waals surface area contributed by atoms with Gasteiger partial charge in [0.2, 0.25) is 0 Å². The van der Waals surface area contributed by atoms with E-state index in [2.05, 4.69) is 63.0 Å². The van der Waals surface area contributed by atoms with Gasteiger partial charge in [0.15, 0.2) is 0 Å². The van der Waals surface area contributed by atoms with Crippen LogP contribution >= 0.6 is 0 Å². The number of aromatic nitrogens is 4. The molecule has 1 aromatic carbocycles. The fraction of sp³-hybridized carbons (Fsp3) is 0.450. The Morgan fingerprint density at radius 1 is 1.16 bits per heavy atom. The van der Waals surface area contributed by atoms with Gasteiger partial charge in [-0.3, -0.25) is 4.98 Å². The van der Waals surface area contributed by atoms with Gasteiger partial charge in [-0.15, -0.1) is 5.10 Å². The lowest BCUT2D eigenvalue weighted by Crippen LogP contribution is -2.34. The van der Waals surface area contributed by atoms with E-state index in [-0.39, 0.29) is 0 Å². The van der Waals surface area contributed by atoms with Crippen LogP contribution in [-0.4, -0.2) is 26.5 Å². The standard InChI is InChI=1S/C20H23N5/c1-13-9-15(10-13)25-19-12-24(8-7-18(19)22-23-25)20-14(2)11-21-17-6-4-3-5-16(17)20/h3-6,11,13,15H,7-10,12H2,1-2H3. The number of pyridine rings is 1. The first-order valence-corrected chi connectivity index (χ1v) is 9.23. The van der Waals surface area contributed by atoms with Crippen molar-refractivity contribution in [1.82, 2.24) is 20.0 Å². The summed E-state index contributed by atoms with van der Waals surface area (Å²) in [5.74, 6) is 0.816. The molecule has 25 heavy (non-hydrogen) atoms. The van der Waals surface area contributed by atoms with Crippen LogP contribution in [0.15, 0.2) is 30.5 Å². The van der Waals surface area contributed by atoms with Gasteiger partial charge >= 0.3 is 0 Å². The Labute approximate surface area is 147 Å². The predicted molar refractivity (Wildman–Crippen MR) is 98.7 cm³/mol. The minimum atomic E-state index is 0.543. The summed E-state index contributed by atoms with van der Waals surface area (Å²) in [4.78, 5) is 7.08. The van der Waals surface area contributed by atoms with Gasteiger partial charge in [-0.2, -0.15) is 0 Å². The zero-order valence-corrected chi connectivity index (χ0v) is 14.8. The van der Waals surface area contributed by atoms with Gasteiger partial charge in [-0.25, -0.2) is 4.68 Å². The maximum Gasteiger partial charge on any atom is 0.0895 e. The molecule has 5 nitrogen and oxygen atoms in total. The molecule has 0 amide bonds. The largest absolute Gasteiger partial charge is 0.364 e. The molecule has 3 aromatic rings. The fourth-order valence-electron chi connectivity index (χ4n) is 4.39. The van der Waals surface area contributed by atoms with Crippen molar-refractivity contribution in [2.24, 2.45) is 5.92 Å². The Balaban J connectivity index is 1.54. The van der Waals surface area contributed by atoms with Crippen LogP contribution in [0.3, 0.4) is 0 Å². The Morgan fingerprint density at radius 3 is 2.84 bits per heavy atom. The van der Waals surface area contributed by atoms with E-state index >= 15 is 0 Å². The van der Waals surface area contributed by atoms with Crippen molar-refractivity contribution >= 4 is 16.6 Å². The lowest BCUT2D eigenvalue weighted by molar-refractivity contribution is 0.193. The van der Waals surface area contributed by atoms with E-state index in [1.807, 2.05) is 6.20 Å². The van der Waals surface area contributed by atoms with Gasteiger partial charge in [-0.05, 0) is 37.3 Å². The Hall–Kier alpha value is -2.43. The summed E-state index contributed by atoms with van der Waals surface area (Å²) in [6, 6.07) is 8.98. The maximum absolute atomic E-state index is 4.59. The number of para-hydroxylation sites is 1. The molecular formula is C20H23N5. The molecule has 0 saturated heterocycles. The van der Waals surface area contributed by atoms with Crippen molar-refractivity contribution in [2.75, 3.05) is 11.4 Å². The SMILES string of the molecule is Cc1cnc2ccccc2c1N1CCc2nnn(C3CC(C)C3)c2C1. The number of rotatable bonds is 2. The Bertz CT molecular complexity index is 938. The molecular weight excluding hydrogens is 310 g/mol. The molecule has 5 heteroatoms. The minimum Gasteiger partial charge on any atom is -0.364 e. The summed E-state index contributed by atoms with van der Waals surface area (Å²) in [7, 11) is 0. The molecule has 1 saturated carbocycles. The monoisotopic (exact) mass is 333 g/mol. The van der Waals surface area contributed by atoms with Crippen molar-refractivity contribution in [3.05, 3.63) is 47.4 Å². The quantitative estimate of drug-likeness (QED) is 0.718. The zero-order chi connectivity index (χ0) is 17.0. The highest BCUT2D eigenvalue weighted by Crippen LogP contribution is 2.39. The highest BCUT2D eigenvalue weighted by atomic mass is 15.5. The molecule has 0 bridgehead atoms. The van der Waals surface area contributed by atoms with Gasteiger partial charge in [0.05, 0.1) is 35.2 Å². The molecule has 1 fully saturated rings. The number of fused-ring (bicyclic) bond motifs is 2. The summed E-state index contributed by atoms with van der Waals surface area (Å²) in [5, 5.41) is 10.2. The summed E-state index contributed by atoms with van der Waals surface area (Å²) in [5.41, 5.74) is 6.10. The Kier molecular flexibility index (Phi) is 3.30. The van der Waals surface area contributed by atoms with Crippen LogP contribution < -0.4 is 4.90 Å². The first kappa shape index (κ1) is 14.9. The number of anilines is 1. The van der Waals surface area contributed by atoms with Gasteiger partial charge in [0, 0.05) is 24.5 Å². The van der Waals surface area contributed by atoms with Crippen molar-refractivity contribution in [1.29, 1.82) is 0 Å². The van der Waals surface area contributed by atoms with Crippen LogP contribution in [0.1, 0.15) is 42.8 Å². The average molecular weight is 333 g/mol. The highest BCUT2D eigenvalue weighted by molar-refractivity contribution is 5.93. The number of hydrogen-bond donors (Lipinski definition) is 0. The summed E-state index contributed by atoms with van der Waals surface area (Å²) in [6.07, 6.45) is 5.42. The number of aryl methyl sites for hydroxylation is 1. The van der Waals surface area contributed by atoms with E-state index in [0.29, 0.717) is 6.04 Å². The maximum atomic E-state index is 4.59. The van der Waals surface area contributed by atoms with Crippen LogP contribution in [0.2, 0.25) is 0 Å². The lowest BCUT2D eigenvalue weighted by atomic mass is 9.82. The molecule has 0 N–H and O–H groups in total. The first-order valence-electron chi connectivity index (χ1n) is 9.23. The third-order valence-electron chi connectivity index (χ3n) is 5.77. The number of nitrogens with zero attached hydrogens (tertiary/aromatic N) is 5. The number of hydrogen-bond acceptors (Lipinski definition) is 4. The normalized spacial score (nSPS) is 22.7. The van der Waals surface area contributed by atoms with E-state index < -0.39 is 0 Å². The Morgan fingerprint density at radius 2 is 2.00 bits per heavy atom. The molecule has 0 spiro atoms. The van der Waals surface area contributed by atoms with Crippen LogP contribution in [0.5, 0.6) is 0 Å². The molecule has 0 unspecified atom stereocenters. The van der Waals surface area contributed by atoms with Crippen molar-refractivity contribution in [3.8, 4) is 0 Å². The van der Waals surface area contributed by atoms with Gasteiger partial charge in [0.25, 0.3) is 0 Å². The van der Waals surface area contributed by atoms with E-state index in [1.165, 1.54) is 40.9 Å². The first-order chi connectivity index (χ1) is 12.2. The fourth-order valence-corrected chi connectivity index (χ4v) is 4.39. The van der Waals surface area contributed by atoms with Crippen molar-refractivity contribution < 1.29 is 0 Å². The van der Waals surface area contributed by atoms with Gasteiger partial charge in [-0.1, -0.05) is 30.3 Å². The smallest absolute Gasteiger partial charge is 0.0895 e. The predicted octanol–water partition coefficient (Wildman–Crippen LogP) is 3.67. The van der Waals surface area contributed by atoms with Gasteiger partial charge < -0.3 is 4.90 Å². The highest BCUT2D eigenvalue weighted by Gasteiger charge is 2.32. The molecule has 3 heterocycles. The minimum absolute atomic E-state index is 0.543. The molecule has 1 aliphatic heterocycles. The van der Waals surface area contributed by atoms with Crippen LogP contribution in [0, 0.1) is 12.8 Å². The topological polar surface area (TPSA) is 46.8 Å². The second kappa shape index (κ2) is 5.55. The second-order valence-corrected chi connectivity index (χ2v) is 7.64. The summed E-state index contributed by atoms with van der Waals surface area (Å²) >= 11 is 0. The molecule has 0 atom stereocenters. The molecule has 2 aliphatic rings. The van der Waals surface area contributed by atoms with E-state index in [1.54, 1.807) is 0 Å². The van der Waals surface area contributed by atoms with Gasteiger partial charge in [0.1, 0.15) is 0 Å². The van der Waals surface area contributed by atoms with E-state index in [9.17, 15) is 0 Å². The van der Waals surface area contributed by atoms with E-state index in [4.69, 9.17) is 0 Å². The van der Waals surface area contributed by atoms with Crippen LogP contribution in [-0.2, 0) is 13.0 Å². The molecule has 1 aliphatic carbocycles. The molecule has 5 rings (SSSR count). The molecule has 128 valence electrons. The molecule has 0 radical (unpaired) electrons. The van der Waals surface area contributed by atoms with E-state index in [0.717, 1.165) is 30.9 Å². The van der Waals surface area contributed by atoms with Crippen LogP contribution in [0.25, 0.3) is 10.9 Å². The summed E-state index contributed by atoms with van der Waals surface area (Å²) < 4.78 is 2.21. The second-order valence-electron chi connectivity index (χ2n) is 7.64. The van der Waals surface area contributed by atoms with Crippen LogP contribution in [0.4, 0.5) is 5.69 Å².